The van der Waals surface area contributed by atoms with Crippen LogP contribution in [0.2, 0.25) is 0 Å². The summed E-state index contributed by atoms with van der Waals surface area (Å²) in [5.74, 6) is 1.75. The van der Waals surface area contributed by atoms with E-state index in [1.165, 1.54) is 25.1 Å². The van der Waals surface area contributed by atoms with Crippen LogP contribution in [0.4, 0.5) is 0 Å². The Morgan fingerprint density at radius 1 is 1.42 bits per heavy atom. The minimum atomic E-state index is 0.590. The van der Waals surface area contributed by atoms with Gasteiger partial charge in [0.25, 0.3) is 0 Å². The SMILES string of the molecule is COc1cccc(CN2CCC(CNC(C)C)C2)c1. The molecule has 1 fully saturated rings. The molecule has 1 atom stereocenters. The summed E-state index contributed by atoms with van der Waals surface area (Å²) in [6, 6.07) is 8.99. The lowest BCUT2D eigenvalue weighted by molar-refractivity contribution is 0.312. The van der Waals surface area contributed by atoms with Gasteiger partial charge in [-0.15, -0.1) is 0 Å². The first-order valence-corrected chi connectivity index (χ1v) is 7.26. The number of ether oxygens (including phenoxy) is 1. The Labute approximate surface area is 116 Å². The lowest BCUT2D eigenvalue weighted by Crippen LogP contribution is -2.30. The number of hydrogen-bond acceptors (Lipinski definition) is 3. The van der Waals surface area contributed by atoms with Crippen molar-refractivity contribution in [1.82, 2.24) is 10.2 Å². The fraction of sp³-hybridized carbons (Fsp3) is 0.625. The molecule has 1 aliphatic rings. The Bertz CT molecular complexity index is 392. The molecular weight excluding hydrogens is 236 g/mol. The molecule has 106 valence electrons. The fourth-order valence-electron chi connectivity index (χ4n) is 2.65. The summed E-state index contributed by atoms with van der Waals surface area (Å²) in [4.78, 5) is 2.54. The Hall–Kier alpha value is -1.06. The molecule has 3 nitrogen and oxygen atoms in total. The van der Waals surface area contributed by atoms with Crippen molar-refractivity contribution in [3.63, 3.8) is 0 Å². The Balaban J connectivity index is 1.81. The molecular formula is C16H26N2O. The quantitative estimate of drug-likeness (QED) is 0.852. The molecule has 1 aromatic carbocycles. The number of nitrogens with one attached hydrogen (secondary N) is 1. The minimum absolute atomic E-state index is 0.590. The average molecular weight is 262 g/mol. The molecule has 0 aliphatic carbocycles. The molecule has 1 unspecified atom stereocenters. The van der Waals surface area contributed by atoms with Gasteiger partial charge in [0.15, 0.2) is 0 Å². The van der Waals surface area contributed by atoms with Crippen LogP contribution < -0.4 is 10.1 Å². The van der Waals surface area contributed by atoms with Crippen LogP contribution in [-0.4, -0.2) is 37.7 Å². The lowest BCUT2D eigenvalue weighted by atomic mass is 10.1. The molecule has 1 aromatic rings. The zero-order valence-electron chi connectivity index (χ0n) is 12.4. The highest BCUT2D eigenvalue weighted by molar-refractivity contribution is 5.28. The molecule has 0 radical (unpaired) electrons. The van der Waals surface area contributed by atoms with Gasteiger partial charge in [-0.3, -0.25) is 4.90 Å². The summed E-state index contributed by atoms with van der Waals surface area (Å²) >= 11 is 0. The van der Waals surface area contributed by atoms with E-state index in [-0.39, 0.29) is 0 Å². The number of likely N-dealkylation sites (tertiary alicyclic amines) is 1. The van der Waals surface area contributed by atoms with Crippen molar-refractivity contribution in [2.24, 2.45) is 5.92 Å². The van der Waals surface area contributed by atoms with Gasteiger partial charge >= 0.3 is 0 Å². The van der Waals surface area contributed by atoms with Crippen molar-refractivity contribution in [1.29, 1.82) is 0 Å². The monoisotopic (exact) mass is 262 g/mol. The first-order valence-electron chi connectivity index (χ1n) is 7.26. The second-order valence-electron chi connectivity index (χ2n) is 5.80. The minimum Gasteiger partial charge on any atom is -0.497 e. The average Bonchev–Trinajstić information content (AvgIpc) is 2.84. The van der Waals surface area contributed by atoms with Gasteiger partial charge < -0.3 is 10.1 Å². The molecule has 0 aromatic heterocycles. The van der Waals surface area contributed by atoms with Crippen LogP contribution in [0.25, 0.3) is 0 Å². The molecule has 1 aliphatic heterocycles. The van der Waals surface area contributed by atoms with Gasteiger partial charge in [0.05, 0.1) is 7.11 Å². The third-order valence-electron chi connectivity index (χ3n) is 3.73. The lowest BCUT2D eigenvalue weighted by Gasteiger charge is -2.17. The second-order valence-corrected chi connectivity index (χ2v) is 5.80. The zero-order valence-corrected chi connectivity index (χ0v) is 12.4. The van der Waals surface area contributed by atoms with E-state index in [0.29, 0.717) is 6.04 Å². The molecule has 3 heteroatoms. The van der Waals surface area contributed by atoms with Crippen molar-refractivity contribution < 1.29 is 4.74 Å². The first kappa shape index (κ1) is 14.4. The maximum Gasteiger partial charge on any atom is 0.119 e. The molecule has 0 saturated carbocycles. The van der Waals surface area contributed by atoms with Crippen LogP contribution >= 0.6 is 0 Å². The zero-order chi connectivity index (χ0) is 13.7. The summed E-state index contributed by atoms with van der Waals surface area (Å²) in [7, 11) is 1.72. The Morgan fingerprint density at radius 3 is 3.00 bits per heavy atom. The maximum absolute atomic E-state index is 5.28. The van der Waals surface area contributed by atoms with E-state index < -0.39 is 0 Å². The number of benzene rings is 1. The molecule has 1 saturated heterocycles. The largest absolute Gasteiger partial charge is 0.497 e. The molecule has 19 heavy (non-hydrogen) atoms. The van der Waals surface area contributed by atoms with Crippen molar-refractivity contribution in [3.05, 3.63) is 29.8 Å². The van der Waals surface area contributed by atoms with E-state index in [1.807, 2.05) is 6.07 Å². The van der Waals surface area contributed by atoms with Crippen LogP contribution in [0.1, 0.15) is 25.8 Å². The predicted octanol–water partition coefficient (Wildman–Crippen LogP) is 2.52. The number of hydrogen-bond donors (Lipinski definition) is 1. The van der Waals surface area contributed by atoms with E-state index in [2.05, 4.69) is 42.3 Å². The summed E-state index contributed by atoms with van der Waals surface area (Å²) in [5.41, 5.74) is 1.34. The summed E-state index contributed by atoms with van der Waals surface area (Å²) in [5, 5.41) is 3.54. The first-order chi connectivity index (χ1) is 9.17. The van der Waals surface area contributed by atoms with Gasteiger partial charge in [-0.25, -0.2) is 0 Å². The molecule has 1 N–H and O–H groups in total. The van der Waals surface area contributed by atoms with Gasteiger partial charge in [-0.05, 0) is 43.1 Å². The molecule has 2 rings (SSSR count). The van der Waals surface area contributed by atoms with Crippen molar-refractivity contribution in [2.75, 3.05) is 26.7 Å². The highest BCUT2D eigenvalue weighted by Gasteiger charge is 2.22. The van der Waals surface area contributed by atoms with Crippen LogP contribution in [0.15, 0.2) is 24.3 Å². The smallest absolute Gasteiger partial charge is 0.119 e. The highest BCUT2D eigenvalue weighted by atomic mass is 16.5. The van der Waals surface area contributed by atoms with Crippen molar-refractivity contribution in [3.8, 4) is 5.75 Å². The normalized spacial score (nSPS) is 20.1. The van der Waals surface area contributed by atoms with Gasteiger partial charge in [-0.1, -0.05) is 26.0 Å². The standard InChI is InChI=1S/C16H26N2O/c1-13(2)17-10-15-7-8-18(12-15)11-14-5-4-6-16(9-14)19-3/h4-6,9,13,15,17H,7-8,10-12H2,1-3H3. The molecule has 1 heterocycles. The topological polar surface area (TPSA) is 24.5 Å². The number of methoxy groups -OCH3 is 1. The number of rotatable bonds is 6. The van der Waals surface area contributed by atoms with E-state index >= 15 is 0 Å². The molecule has 0 spiro atoms. The van der Waals surface area contributed by atoms with Gasteiger partial charge in [-0.2, -0.15) is 0 Å². The van der Waals surface area contributed by atoms with E-state index in [1.54, 1.807) is 7.11 Å². The highest BCUT2D eigenvalue weighted by Crippen LogP contribution is 2.20. The van der Waals surface area contributed by atoms with Crippen LogP contribution in [0.5, 0.6) is 5.75 Å². The van der Waals surface area contributed by atoms with E-state index in [0.717, 1.165) is 24.8 Å². The van der Waals surface area contributed by atoms with Crippen molar-refractivity contribution >= 4 is 0 Å². The van der Waals surface area contributed by atoms with Gasteiger partial charge in [0.1, 0.15) is 5.75 Å². The van der Waals surface area contributed by atoms with E-state index in [9.17, 15) is 0 Å². The third-order valence-corrected chi connectivity index (χ3v) is 3.73. The fourth-order valence-corrected chi connectivity index (χ4v) is 2.65. The molecule has 0 amide bonds. The van der Waals surface area contributed by atoms with Crippen LogP contribution in [-0.2, 0) is 6.54 Å². The second kappa shape index (κ2) is 6.92. The Morgan fingerprint density at radius 2 is 2.26 bits per heavy atom. The summed E-state index contributed by atoms with van der Waals surface area (Å²) in [6.45, 7) is 9.02. The van der Waals surface area contributed by atoms with Crippen LogP contribution in [0, 0.1) is 5.92 Å². The van der Waals surface area contributed by atoms with Crippen LogP contribution in [0.3, 0.4) is 0 Å². The maximum atomic E-state index is 5.28. The summed E-state index contributed by atoms with van der Waals surface area (Å²) in [6.07, 6.45) is 1.31. The van der Waals surface area contributed by atoms with Gasteiger partial charge in [0, 0.05) is 19.1 Å². The number of nitrogens with zero attached hydrogens (tertiary/aromatic N) is 1. The summed E-state index contributed by atoms with van der Waals surface area (Å²) < 4.78 is 5.28. The van der Waals surface area contributed by atoms with E-state index in [4.69, 9.17) is 4.74 Å². The molecule has 0 bridgehead atoms. The third kappa shape index (κ3) is 4.51. The van der Waals surface area contributed by atoms with Crippen molar-refractivity contribution in [2.45, 2.75) is 32.9 Å². The Kier molecular flexibility index (Phi) is 5.23. The predicted molar refractivity (Wildman–Crippen MR) is 79.5 cm³/mol. The van der Waals surface area contributed by atoms with Gasteiger partial charge in [0.2, 0.25) is 0 Å².